The normalized spacial score (nSPS) is 14.1. The summed E-state index contributed by atoms with van der Waals surface area (Å²) in [7, 11) is 0. The van der Waals surface area contributed by atoms with E-state index in [-0.39, 0.29) is 5.41 Å². The largest absolute Gasteiger partial charge is 0.307 e. The monoisotopic (exact) mass is 498 g/mol. The lowest BCUT2D eigenvalue weighted by Gasteiger charge is -2.21. The maximum atomic E-state index is 2.52. The molecule has 0 radical (unpaired) electrons. The fourth-order valence-corrected chi connectivity index (χ4v) is 7.38. The second-order valence-electron chi connectivity index (χ2n) is 11.5. The van der Waals surface area contributed by atoms with E-state index in [1.54, 1.807) is 0 Å². The molecule has 0 aliphatic heterocycles. The molecule has 2 heteroatoms. The lowest BCUT2D eigenvalue weighted by molar-refractivity contribution is 0.674. The van der Waals surface area contributed by atoms with Crippen LogP contribution < -0.4 is 0 Å². The molecule has 8 aromatic rings. The smallest absolute Gasteiger partial charge is 0.0753 e. The number of para-hydroxylation sites is 2. The van der Waals surface area contributed by atoms with Gasteiger partial charge in [-0.1, -0.05) is 92.7 Å². The molecule has 0 fully saturated rings. The van der Waals surface area contributed by atoms with Crippen LogP contribution in [-0.4, -0.2) is 8.80 Å². The summed E-state index contributed by atoms with van der Waals surface area (Å²) < 4.78 is 5.03. The third-order valence-electron chi connectivity index (χ3n) is 8.96. The van der Waals surface area contributed by atoms with Crippen molar-refractivity contribution in [2.45, 2.75) is 19.3 Å². The Hall–Kier alpha value is -4.82. The molecule has 3 heterocycles. The molecule has 9 rings (SSSR count). The minimum atomic E-state index is -0.156. The minimum absolute atomic E-state index is 0.156. The third-order valence-corrected chi connectivity index (χ3v) is 8.96. The van der Waals surface area contributed by atoms with Gasteiger partial charge in [0.1, 0.15) is 0 Å². The van der Waals surface area contributed by atoms with E-state index in [4.69, 9.17) is 0 Å². The SMILES string of the molecule is CC1(C)c2c3ccccc3n3c4cccc(c4)c4cccc(c4)c4cccc(c4)n4c5ccccc5c1c4c23. The lowest BCUT2D eigenvalue weighted by Crippen LogP contribution is -2.15. The van der Waals surface area contributed by atoms with E-state index in [0.29, 0.717) is 0 Å². The molecule has 0 saturated carbocycles. The molecule has 2 nitrogen and oxygen atoms in total. The predicted molar refractivity (Wildman–Crippen MR) is 166 cm³/mol. The zero-order chi connectivity index (χ0) is 25.9. The topological polar surface area (TPSA) is 8.82 Å². The number of nitrogens with zero attached hydrogens (tertiary/aromatic N) is 2. The van der Waals surface area contributed by atoms with Gasteiger partial charge in [-0.15, -0.1) is 0 Å². The van der Waals surface area contributed by atoms with E-state index >= 15 is 0 Å². The van der Waals surface area contributed by atoms with Crippen molar-refractivity contribution in [1.29, 1.82) is 0 Å². The van der Waals surface area contributed by atoms with Crippen molar-refractivity contribution in [3.05, 3.63) is 132 Å². The molecular weight excluding hydrogens is 472 g/mol. The lowest BCUT2D eigenvalue weighted by atomic mass is 9.80. The van der Waals surface area contributed by atoms with Crippen LogP contribution in [0.2, 0.25) is 0 Å². The first kappa shape index (κ1) is 21.2. The second-order valence-corrected chi connectivity index (χ2v) is 11.5. The summed E-state index contributed by atoms with van der Waals surface area (Å²) in [6, 6.07) is 44.9. The quantitative estimate of drug-likeness (QED) is 0.197. The summed E-state index contributed by atoms with van der Waals surface area (Å²) in [5, 5.41) is 7.59. The summed E-state index contributed by atoms with van der Waals surface area (Å²) in [5.74, 6) is 0. The molecule has 0 spiro atoms. The van der Waals surface area contributed by atoms with Gasteiger partial charge in [0.2, 0.25) is 0 Å². The Labute approximate surface area is 225 Å². The van der Waals surface area contributed by atoms with E-state index in [1.165, 1.54) is 76.5 Å². The van der Waals surface area contributed by atoms with E-state index in [0.717, 1.165) is 0 Å². The van der Waals surface area contributed by atoms with Gasteiger partial charge in [-0.25, -0.2) is 0 Å². The molecule has 0 amide bonds. The number of hydrogen-bond donors (Lipinski definition) is 0. The molecule has 0 saturated heterocycles. The summed E-state index contributed by atoms with van der Waals surface area (Å²) >= 11 is 0. The first-order valence-electron chi connectivity index (χ1n) is 13.7. The summed E-state index contributed by atoms with van der Waals surface area (Å²) in [6.07, 6.45) is 0. The van der Waals surface area contributed by atoms with Gasteiger partial charge >= 0.3 is 0 Å². The highest BCUT2D eigenvalue weighted by molar-refractivity contribution is 6.12. The van der Waals surface area contributed by atoms with Gasteiger partial charge in [-0.3, -0.25) is 0 Å². The Balaban J connectivity index is 1.75. The van der Waals surface area contributed by atoms with Crippen LogP contribution in [0.4, 0.5) is 0 Å². The second kappa shape index (κ2) is 7.18. The average Bonchev–Trinajstić information content (AvgIpc) is 3.58. The third kappa shape index (κ3) is 2.61. The zero-order valence-electron chi connectivity index (χ0n) is 21.9. The highest BCUT2D eigenvalue weighted by Crippen LogP contribution is 2.52. The van der Waals surface area contributed by atoms with Gasteiger partial charge in [0.25, 0.3) is 0 Å². The number of benzene rings is 5. The van der Waals surface area contributed by atoms with Crippen molar-refractivity contribution < 1.29 is 0 Å². The molecule has 1 aliphatic rings. The molecular formula is C37H26N2. The fourth-order valence-electron chi connectivity index (χ4n) is 7.38. The standard InChI is InChI=1S/C37H26N2/c1-37(2)33-29-16-3-5-18-31(29)38-27-14-8-12-25(21-27)23-10-7-11-24(20-23)26-13-9-15-28(22-26)39-32-19-6-4-17-30(32)34(37)36(39)35(33)38/h3-22H,1-2H3. The molecule has 184 valence electrons. The average molecular weight is 499 g/mol. The van der Waals surface area contributed by atoms with Crippen molar-refractivity contribution in [1.82, 2.24) is 8.80 Å². The van der Waals surface area contributed by atoms with Crippen LogP contribution in [0.25, 0.3) is 65.4 Å². The Kier molecular flexibility index (Phi) is 3.89. The van der Waals surface area contributed by atoms with E-state index < -0.39 is 0 Å². The van der Waals surface area contributed by atoms with Crippen LogP contribution in [0.3, 0.4) is 0 Å². The van der Waals surface area contributed by atoms with Crippen molar-refractivity contribution in [3.63, 3.8) is 0 Å². The van der Waals surface area contributed by atoms with Gasteiger partial charge in [0, 0.05) is 27.2 Å². The number of rotatable bonds is 0. The van der Waals surface area contributed by atoms with Gasteiger partial charge in [0.15, 0.2) is 0 Å². The number of hydrogen-bond acceptors (Lipinski definition) is 0. The Morgan fingerprint density at radius 3 is 1.33 bits per heavy atom. The van der Waals surface area contributed by atoms with Crippen LogP contribution in [0.15, 0.2) is 121 Å². The van der Waals surface area contributed by atoms with Crippen molar-refractivity contribution in [2.24, 2.45) is 0 Å². The van der Waals surface area contributed by atoms with Crippen LogP contribution >= 0.6 is 0 Å². The summed E-state index contributed by atoms with van der Waals surface area (Å²) in [6.45, 7) is 4.82. The fraction of sp³-hybridized carbons (Fsp3) is 0.0811. The molecule has 1 aliphatic carbocycles. The molecule has 39 heavy (non-hydrogen) atoms. The maximum absolute atomic E-state index is 2.52. The summed E-state index contributed by atoms with van der Waals surface area (Å²) in [4.78, 5) is 0. The van der Waals surface area contributed by atoms with Crippen molar-refractivity contribution in [3.8, 4) is 0 Å². The van der Waals surface area contributed by atoms with Crippen molar-refractivity contribution >= 4 is 65.4 Å². The minimum Gasteiger partial charge on any atom is -0.307 e. The Bertz CT molecular complexity index is 2250. The number of aromatic nitrogens is 2. The van der Waals surface area contributed by atoms with Gasteiger partial charge in [-0.05, 0) is 75.1 Å². The Morgan fingerprint density at radius 1 is 0.436 bits per heavy atom. The first-order valence-corrected chi connectivity index (χ1v) is 13.7. The predicted octanol–water partition coefficient (Wildman–Crippen LogP) is 9.72. The highest BCUT2D eigenvalue weighted by atomic mass is 15.0. The van der Waals surface area contributed by atoms with Crippen LogP contribution in [0, 0.1) is 0 Å². The van der Waals surface area contributed by atoms with Crippen LogP contribution in [-0.2, 0) is 5.41 Å². The Morgan fingerprint density at radius 2 is 0.846 bits per heavy atom. The molecule has 3 aromatic heterocycles. The zero-order valence-corrected chi connectivity index (χ0v) is 21.9. The van der Waals surface area contributed by atoms with Crippen LogP contribution in [0.1, 0.15) is 25.0 Å². The molecule has 0 N–H and O–H groups in total. The van der Waals surface area contributed by atoms with Crippen molar-refractivity contribution in [2.75, 3.05) is 0 Å². The summed E-state index contributed by atoms with van der Waals surface area (Å²) in [5.41, 5.74) is 10.2. The maximum Gasteiger partial charge on any atom is 0.0753 e. The van der Waals surface area contributed by atoms with E-state index in [2.05, 4.69) is 144 Å². The molecule has 6 bridgehead atoms. The molecule has 0 atom stereocenters. The van der Waals surface area contributed by atoms with Gasteiger partial charge in [0.05, 0.1) is 22.1 Å². The molecule has 0 unspecified atom stereocenters. The van der Waals surface area contributed by atoms with Gasteiger partial charge < -0.3 is 8.80 Å². The van der Waals surface area contributed by atoms with E-state index in [9.17, 15) is 0 Å². The molecule has 5 aromatic carbocycles. The number of fused-ring (bicyclic) bond motifs is 16. The van der Waals surface area contributed by atoms with Crippen LogP contribution in [0.5, 0.6) is 0 Å². The van der Waals surface area contributed by atoms with Gasteiger partial charge in [-0.2, -0.15) is 0 Å². The highest BCUT2D eigenvalue weighted by Gasteiger charge is 2.40. The first-order chi connectivity index (χ1) is 19.1. The van der Waals surface area contributed by atoms with E-state index in [1.807, 2.05) is 0 Å².